The van der Waals surface area contributed by atoms with Gasteiger partial charge in [-0.05, 0) is 40.6 Å². The van der Waals surface area contributed by atoms with Crippen molar-refractivity contribution >= 4 is 34.5 Å². The van der Waals surface area contributed by atoms with Crippen molar-refractivity contribution in [2.45, 2.75) is 0 Å². The molecule has 1 aromatic carbocycles. The molecule has 0 atom stereocenters. The molecule has 0 amide bonds. The minimum atomic E-state index is -0.457. The Morgan fingerprint density at radius 3 is 2.70 bits per heavy atom. The fourth-order valence-corrected chi connectivity index (χ4v) is 3.45. The quantitative estimate of drug-likeness (QED) is 0.362. The zero-order valence-corrected chi connectivity index (χ0v) is 13.5. The van der Waals surface area contributed by atoms with Crippen LogP contribution in [-0.2, 0) is 0 Å². The van der Waals surface area contributed by atoms with Gasteiger partial charge in [0, 0.05) is 21.4 Å². The fraction of sp³-hybridized carbons (Fsp3) is 0. The summed E-state index contributed by atoms with van der Waals surface area (Å²) in [6, 6.07) is 12.1. The van der Waals surface area contributed by atoms with Gasteiger partial charge in [0.25, 0.3) is 0 Å². The van der Waals surface area contributed by atoms with Gasteiger partial charge in [0.05, 0.1) is 0 Å². The summed E-state index contributed by atoms with van der Waals surface area (Å²) in [5.74, 6) is -0.850. The molecule has 0 fully saturated rings. The molecule has 0 aliphatic rings. The fourth-order valence-electron chi connectivity index (χ4n) is 2.09. The third-order valence-electron chi connectivity index (χ3n) is 3.25. The number of carbonyl (C=O) groups excluding carboxylic acids is 1. The molecule has 3 aromatic rings. The molecule has 2 aromatic heterocycles. The van der Waals surface area contributed by atoms with Crippen LogP contribution in [0.25, 0.3) is 16.5 Å². The van der Waals surface area contributed by atoms with Crippen molar-refractivity contribution in [3.63, 3.8) is 0 Å². The average Bonchev–Trinajstić information content (AvgIpc) is 3.26. The van der Waals surface area contributed by atoms with Gasteiger partial charge in [0.2, 0.25) is 5.78 Å². The summed E-state index contributed by atoms with van der Waals surface area (Å²) in [4.78, 5) is 13.2. The Labute approximate surface area is 140 Å². The topological polar surface area (TPSA) is 40.9 Å². The van der Waals surface area contributed by atoms with Gasteiger partial charge in [-0.2, -0.15) is 16.6 Å². The molecular weight excluding hydrogens is 329 g/mol. The van der Waals surface area contributed by atoms with E-state index in [1.165, 1.54) is 34.8 Å². The molecule has 3 rings (SSSR count). The summed E-state index contributed by atoms with van der Waals surface area (Å²) in [5.41, 5.74) is 1.37. The first-order valence-corrected chi connectivity index (χ1v) is 8.53. The van der Waals surface area contributed by atoms with Crippen LogP contribution in [0.1, 0.15) is 15.9 Å². The summed E-state index contributed by atoms with van der Waals surface area (Å²) in [5, 5.41) is 14.6. The van der Waals surface area contributed by atoms with E-state index in [2.05, 4.69) is 0 Å². The van der Waals surface area contributed by atoms with Gasteiger partial charge in [-0.3, -0.25) is 4.79 Å². The summed E-state index contributed by atoms with van der Waals surface area (Å²) in [6.45, 7) is 0. The van der Waals surface area contributed by atoms with Gasteiger partial charge < -0.3 is 0 Å². The predicted molar refractivity (Wildman–Crippen MR) is 92.0 cm³/mol. The molecule has 2 heterocycles. The summed E-state index contributed by atoms with van der Waals surface area (Å²) >= 11 is 2.90. The van der Waals surface area contributed by atoms with Crippen LogP contribution in [0.15, 0.2) is 58.1 Å². The smallest absolute Gasteiger partial charge is 0.204 e. The average molecular weight is 339 g/mol. The molecular formula is C18H10FNOS2. The van der Waals surface area contributed by atoms with E-state index >= 15 is 0 Å². The zero-order valence-electron chi connectivity index (χ0n) is 11.8. The number of benzene rings is 1. The van der Waals surface area contributed by atoms with Crippen LogP contribution >= 0.6 is 22.7 Å². The van der Waals surface area contributed by atoms with Crippen molar-refractivity contribution in [1.82, 2.24) is 0 Å². The molecule has 5 heteroatoms. The van der Waals surface area contributed by atoms with Crippen molar-refractivity contribution in [2.75, 3.05) is 0 Å². The number of nitriles is 1. The summed E-state index contributed by atoms with van der Waals surface area (Å²) < 4.78 is 14.3. The van der Waals surface area contributed by atoms with Crippen molar-refractivity contribution in [2.24, 2.45) is 0 Å². The van der Waals surface area contributed by atoms with Crippen molar-refractivity contribution in [3.05, 3.63) is 75.1 Å². The van der Waals surface area contributed by atoms with Gasteiger partial charge in [0.15, 0.2) is 0 Å². The van der Waals surface area contributed by atoms with Crippen LogP contribution in [0.4, 0.5) is 4.39 Å². The molecule has 112 valence electrons. The minimum Gasteiger partial charge on any atom is -0.288 e. The number of hydrogen-bond acceptors (Lipinski definition) is 4. The van der Waals surface area contributed by atoms with E-state index in [1.807, 2.05) is 23.6 Å². The van der Waals surface area contributed by atoms with Crippen LogP contribution in [0.2, 0.25) is 0 Å². The highest BCUT2D eigenvalue weighted by molar-refractivity contribution is 7.13. The highest BCUT2D eigenvalue weighted by Crippen LogP contribution is 2.27. The van der Waals surface area contributed by atoms with E-state index in [-0.39, 0.29) is 11.1 Å². The monoisotopic (exact) mass is 339 g/mol. The number of rotatable bonds is 4. The lowest BCUT2D eigenvalue weighted by molar-refractivity contribution is 0.104. The third kappa shape index (κ3) is 3.29. The normalized spacial score (nSPS) is 11.2. The lowest BCUT2D eigenvalue weighted by atomic mass is 10.0. The molecule has 2 nitrogen and oxygen atoms in total. The molecule has 0 bridgehead atoms. The standard InChI is InChI=1S/C18H10FNOS2/c19-16-9-13(17-2-1-6-23-17)4-3-12(16)8-15(10-20)18(21)14-5-7-22-11-14/h1-9,11H. The van der Waals surface area contributed by atoms with Crippen LogP contribution < -0.4 is 0 Å². The molecule has 0 aliphatic carbocycles. The van der Waals surface area contributed by atoms with Crippen LogP contribution in [0.3, 0.4) is 0 Å². The molecule has 23 heavy (non-hydrogen) atoms. The van der Waals surface area contributed by atoms with E-state index in [0.29, 0.717) is 5.56 Å². The van der Waals surface area contributed by atoms with Crippen molar-refractivity contribution in [1.29, 1.82) is 5.26 Å². The van der Waals surface area contributed by atoms with E-state index in [4.69, 9.17) is 0 Å². The van der Waals surface area contributed by atoms with Crippen molar-refractivity contribution in [3.8, 4) is 16.5 Å². The maximum Gasteiger partial charge on any atom is 0.204 e. The Hall–Kier alpha value is -2.55. The number of hydrogen-bond donors (Lipinski definition) is 0. The van der Waals surface area contributed by atoms with Crippen molar-refractivity contribution < 1.29 is 9.18 Å². The van der Waals surface area contributed by atoms with Crippen LogP contribution in [0, 0.1) is 17.1 Å². The highest BCUT2D eigenvalue weighted by Gasteiger charge is 2.14. The molecule has 0 saturated carbocycles. The first-order valence-electron chi connectivity index (χ1n) is 6.71. The minimum absolute atomic E-state index is 0.0776. The number of nitrogens with zero attached hydrogens (tertiary/aromatic N) is 1. The second kappa shape index (κ2) is 6.69. The van der Waals surface area contributed by atoms with Gasteiger partial charge in [-0.1, -0.05) is 18.2 Å². The first kappa shape index (κ1) is 15.3. The number of ketones is 1. The number of allylic oxidation sites excluding steroid dienone is 1. The molecule has 0 unspecified atom stereocenters. The highest BCUT2D eigenvalue weighted by atomic mass is 32.1. The van der Waals surface area contributed by atoms with Gasteiger partial charge >= 0.3 is 0 Å². The van der Waals surface area contributed by atoms with Gasteiger partial charge in [-0.15, -0.1) is 11.3 Å². The van der Waals surface area contributed by atoms with E-state index in [1.54, 1.807) is 29.0 Å². The molecule has 0 aliphatic heterocycles. The van der Waals surface area contributed by atoms with Gasteiger partial charge in [0.1, 0.15) is 17.5 Å². The Balaban J connectivity index is 1.95. The lowest BCUT2D eigenvalue weighted by Gasteiger charge is -2.02. The third-order valence-corrected chi connectivity index (χ3v) is 4.86. The van der Waals surface area contributed by atoms with E-state index < -0.39 is 11.6 Å². The number of Topliss-reactive ketones (excluding diaryl/α,β-unsaturated/α-hetero) is 1. The zero-order chi connectivity index (χ0) is 16.2. The molecule has 0 radical (unpaired) electrons. The molecule has 0 saturated heterocycles. The Kier molecular flexibility index (Phi) is 4.47. The predicted octanol–water partition coefficient (Wildman–Crippen LogP) is 5.41. The number of carbonyl (C=O) groups is 1. The lowest BCUT2D eigenvalue weighted by Crippen LogP contribution is -2.00. The second-order valence-corrected chi connectivity index (χ2v) is 6.45. The number of thiophene rings is 2. The molecule has 0 spiro atoms. The second-order valence-electron chi connectivity index (χ2n) is 4.72. The first-order chi connectivity index (χ1) is 11.2. The van der Waals surface area contributed by atoms with E-state index in [0.717, 1.165) is 10.4 Å². The summed E-state index contributed by atoms with van der Waals surface area (Å²) in [7, 11) is 0. The van der Waals surface area contributed by atoms with Gasteiger partial charge in [-0.25, -0.2) is 4.39 Å². The summed E-state index contributed by atoms with van der Waals surface area (Å²) in [6.07, 6.45) is 1.30. The van der Waals surface area contributed by atoms with Crippen LogP contribution in [-0.4, -0.2) is 5.78 Å². The SMILES string of the molecule is N#CC(=Cc1ccc(-c2cccs2)cc1F)C(=O)c1ccsc1. The van der Waals surface area contributed by atoms with E-state index in [9.17, 15) is 14.4 Å². The Morgan fingerprint density at radius 2 is 2.09 bits per heavy atom. The Morgan fingerprint density at radius 1 is 1.22 bits per heavy atom. The maximum absolute atomic E-state index is 14.3. The van der Waals surface area contributed by atoms with Crippen LogP contribution in [0.5, 0.6) is 0 Å². The Bertz CT molecular complexity index is 903. The largest absolute Gasteiger partial charge is 0.288 e. The molecule has 0 N–H and O–H groups in total. The maximum atomic E-state index is 14.3. The number of halogens is 1.